The van der Waals surface area contributed by atoms with Crippen LogP contribution in [0.2, 0.25) is 0 Å². The number of nitroso groups, excluding NO2 is 1. The van der Waals surface area contributed by atoms with Crippen LogP contribution in [0.25, 0.3) is 0 Å². The smallest absolute Gasteiger partial charge is 0.166 e. The number of phenols is 1. The highest BCUT2D eigenvalue weighted by atomic mass is 16.5. The van der Waals surface area contributed by atoms with Crippen LogP contribution < -0.4 is 14.2 Å². The molecule has 6 heteroatoms. The molecule has 0 bridgehead atoms. The minimum absolute atomic E-state index is 0.117. The Morgan fingerprint density at radius 3 is 2.13 bits per heavy atom. The molecule has 154 valence electrons. The Balaban J connectivity index is 1.96. The van der Waals surface area contributed by atoms with Crippen LogP contribution in [0.5, 0.6) is 23.0 Å². The summed E-state index contributed by atoms with van der Waals surface area (Å²) in [6.07, 6.45) is 0. The highest BCUT2D eigenvalue weighted by Crippen LogP contribution is 2.54. The zero-order valence-corrected chi connectivity index (χ0v) is 17.1. The lowest BCUT2D eigenvalue weighted by Crippen LogP contribution is -2.40. The van der Waals surface area contributed by atoms with Gasteiger partial charge in [0.25, 0.3) is 0 Å². The third-order valence-corrected chi connectivity index (χ3v) is 5.88. The molecule has 0 aromatic heterocycles. The van der Waals surface area contributed by atoms with Gasteiger partial charge in [0.05, 0.1) is 26.7 Å². The number of fused-ring (bicyclic) bond motifs is 1. The molecule has 0 aliphatic carbocycles. The van der Waals surface area contributed by atoms with E-state index in [2.05, 4.69) is 5.18 Å². The lowest BCUT2D eigenvalue weighted by Gasteiger charge is -2.41. The van der Waals surface area contributed by atoms with Crippen molar-refractivity contribution in [2.75, 3.05) is 20.8 Å². The van der Waals surface area contributed by atoms with Gasteiger partial charge in [0.2, 0.25) is 0 Å². The Labute approximate surface area is 175 Å². The maximum atomic E-state index is 12.7. The fourth-order valence-corrected chi connectivity index (χ4v) is 4.18. The summed E-state index contributed by atoms with van der Waals surface area (Å²) in [5, 5.41) is 13.9. The van der Waals surface area contributed by atoms with Gasteiger partial charge in [-0.15, -0.1) is 4.91 Å². The third-order valence-electron chi connectivity index (χ3n) is 5.88. The minimum atomic E-state index is -1.23. The van der Waals surface area contributed by atoms with Gasteiger partial charge >= 0.3 is 0 Å². The summed E-state index contributed by atoms with van der Waals surface area (Å²) < 4.78 is 16.6. The third kappa shape index (κ3) is 2.96. The van der Waals surface area contributed by atoms with Gasteiger partial charge in [0, 0.05) is 11.1 Å². The van der Waals surface area contributed by atoms with Crippen molar-refractivity contribution < 1.29 is 19.3 Å². The average Bonchev–Trinajstić information content (AvgIpc) is 2.81. The van der Waals surface area contributed by atoms with Gasteiger partial charge in [-0.25, -0.2) is 0 Å². The highest BCUT2D eigenvalue weighted by Gasteiger charge is 2.50. The molecule has 4 rings (SSSR count). The van der Waals surface area contributed by atoms with Crippen LogP contribution in [0.4, 0.5) is 0 Å². The molecule has 0 saturated heterocycles. The second-order valence-corrected chi connectivity index (χ2v) is 7.31. The van der Waals surface area contributed by atoms with E-state index in [-0.39, 0.29) is 18.3 Å². The first kappa shape index (κ1) is 19.8. The highest BCUT2D eigenvalue weighted by molar-refractivity contribution is 5.59. The van der Waals surface area contributed by atoms with E-state index >= 15 is 0 Å². The fourth-order valence-electron chi connectivity index (χ4n) is 4.18. The molecule has 1 aliphatic rings. The van der Waals surface area contributed by atoms with Gasteiger partial charge < -0.3 is 19.3 Å². The lowest BCUT2D eigenvalue weighted by atomic mass is 9.69. The molecule has 0 amide bonds. The van der Waals surface area contributed by atoms with E-state index in [1.807, 2.05) is 48.5 Å². The summed E-state index contributed by atoms with van der Waals surface area (Å²) >= 11 is 0. The molecule has 30 heavy (non-hydrogen) atoms. The van der Waals surface area contributed by atoms with E-state index in [1.165, 1.54) is 0 Å². The molecule has 3 aromatic carbocycles. The molecule has 6 nitrogen and oxygen atoms in total. The van der Waals surface area contributed by atoms with Gasteiger partial charge in [0.15, 0.2) is 5.54 Å². The summed E-state index contributed by atoms with van der Waals surface area (Å²) in [6, 6.07) is 18.2. The monoisotopic (exact) mass is 405 g/mol. The molecule has 0 saturated carbocycles. The number of rotatable bonds is 5. The largest absolute Gasteiger partial charge is 0.508 e. The average molecular weight is 405 g/mol. The maximum Gasteiger partial charge on any atom is 0.166 e. The van der Waals surface area contributed by atoms with Gasteiger partial charge in [-0.05, 0) is 54.4 Å². The van der Waals surface area contributed by atoms with Gasteiger partial charge in [-0.2, -0.15) is 0 Å². The normalized spacial score (nSPS) is 20.0. The molecular formula is C24H23NO5. The topological polar surface area (TPSA) is 77.4 Å². The van der Waals surface area contributed by atoms with Crippen molar-refractivity contribution in [1.29, 1.82) is 0 Å². The molecular weight excluding hydrogens is 382 g/mol. The maximum absolute atomic E-state index is 12.7. The zero-order valence-electron chi connectivity index (χ0n) is 17.1. The van der Waals surface area contributed by atoms with E-state index in [0.29, 0.717) is 22.6 Å². The molecule has 2 unspecified atom stereocenters. The van der Waals surface area contributed by atoms with Crippen molar-refractivity contribution in [2.45, 2.75) is 18.4 Å². The minimum Gasteiger partial charge on any atom is -0.508 e. The number of aromatic hydroxyl groups is 1. The Kier molecular flexibility index (Phi) is 5.08. The number of benzene rings is 3. The number of phenolic OH excluding ortho intramolecular Hbond substituents is 1. The van der Waals surface area contributed by atoms with Gasteiger partial charge in [-0.1, -0.05) is 29.4 Å². The first-order chi connectivity index (χ1) is 14.5. The molecule has 1 aliphatic heterocycles. The standard InChI is InChI=1S/C24H23NO5/c1-15-22(26)13-12-20-23(15)30-14-21(16-4-8-18(28-2)9-5-16)24(20,25-27)17-6-10-19(29-3)11-7-17/h4-13,21,26H,14H2,1-3H3. The Morgan fingerprint density at radius 1 is 0.967 bits per heavy atom. The second kappa shape index (κ2) is 7.71. The zero-order chi connectivity index (χ0) is 21.3. The summed E-state index contributed by atoms with van der Waals surface area (Å²) in [4.78, 5) is 12.7. The van der Waals surface area contributed by atoms with E-state index < -0.39 is 5.54 Å². The summed E-state index contributed by atoms with van der Waals surface area (Å²) in [5.74, 6) is 1.66. The van der Waals surface area contributed by atoms with E-state index in [4.69, 9.17) is 14.2 Å². The van der Waals surface area contributed by atoms with Gasteiger partial charge in [-0.3, -0.25) is 0 Å². The SMILES string of the molecule is COc1ccc(C2COc3c(ccc(O)c3C)C2(N=O)c2ccc(OC)cc2)cc1. The summed E-state index contributed by atoms with van der Waals surface area (Å²) in [7, 11) is 3.21. The quantitative estimate of drug-likeness (QED) is 0.611. The number of nitrogens with zero attached hydrogens (tertiary/aromatic N) is 1. The molecule has 0 spiro atoms. The molecule has 1 N–H and O–H groups in total. The van der Waals surface area contributed by atoms with Crippen LogP contribution in [0, 0.1) is 11.8 Å². The molecule has 0 radical (unpaired) electrons. The number of methoxy groups -OCH3 is 2. The molecule has 1 heterocycles. The number of hydrogen-bond acceptors (Lipinski definition) is 6. The van der Waals surface area contributed by atoms with Crippen LogP contribution in [0.1, 0.15) is 28.2 Å². The van der Waals surface area contributed by atoms with Crippen molar-refractivity contribution >= 4 is 0 Å². The van der Waals surface area contributed by atoms with Gasteiger partial charge in [0.1, 0.15) is 23.0 Å². The van der Waals surface area contributed by atoms with Crippen LogP contribution in [-0.2, 0) is 5.54 Å². The molecule has 2 atom stereocenters. The second-order valence-electron chi connectivity index (χ2n) is 7.31. The predicted octanol–water partition coefficient (Wildman–Crippen LogP) is 4.90. The van der Waals surface area contributed by atoms with Crippen molar-refractivity contribution in [3.05, 3.63) is 87.8 Å². The number of hydrogen-bond donors (Lipinski definition) is 1. The van der Waals surface area contributed by atoms with Crippen molar-refractivity contribution in [2.24, 2.45) is 5.18 Å². The van der Waals surface area contributed by atoms with Crippen molar-refractivity contribution in [1.82, 2.24) is 0 Å². The molecule has 0 fully saturated rings. The van der Waals surface area contributed by atoms with E-state index in [0.717, 1.165) is 16.9 Å². The van der Waals surface area contributed by atoms with Crippen molar-refractivity contribution in [3.63, 3.8) is 0 Å². The van der Waals surface area contributed by atoms with E-state index in [1.54, 1.807) is 33.3 Å². The Morgan fingerprint density at radius 2 is 1.57 bits per heavy atom. The number of ether oxygens (including phenoxy) is 3. The Hall–Kier alpha value is -3.54. The summed E-state index contributed by atoms with van der Waals surface area (Å²) in [6.45, 7) is 2.01. The first-order valence-electron chi connectivity index (χ1n) is 9.64. The van der Waals surface area contributed by atoms with Crippen molar-refractivity contribution in [3.8, 4) is 23.0 Å². The Bertz CT molecular complexity index is 1060. The predicted molar refractivity (Wildman–Crippen MR) is 114 cm³/mol. The molecule has 3 aromatic rings. The van der Waals surface area contributed by atoms with Crippen LogP contribution in [-0.4, -0.2) is 25.9 Å². The lowest BCUT2D eigenvalue weighted by molar-refractivity contribution is 0.202. The van der Waals surface area contributed by atoms with Crippen LogP contribution in [0.3, 0.4) is 0 Å². The summed E-state index contributed by atoms with van der Waals surface area (Å²) in [5.41, 5.74) is 1.62. The van der Waals surface area contributed by atoms with E-state index in [9.17, 15) is 10.0 Å². The fraction of sp³-hybridized carbons (Fsp3) is 0.250. The van der Waals surface area contributed by atoms with Crippen LogP contribution in [0.15, 0.2) is 65.8 Å². The van der Waals surface area contributed by atoms with Crippen LogP contribution >= 0.6 is 0 Å². The first-order valence-corrected chi connectivity index (χ1v) is 9.64.